The minimum atomic E-state index is -0.167. The summed E-state index contributed by atoms with van der Waals surface area (Å²) < 4.78 is 2.13. The molecule has 1 amide bonds. The zero-order valence-electron chi connectivity index (χ0n) is 13.9. The third-order valence-corrected chi connectivity index (χ3v) is 4.52. The van der Waals surface area contributed by atoms with Crippen LogP contribution < -0.4 is 5.32 Å². The number of para-hydroxylation sites is 2. The van der Waals surface area contributed by atoms with E-state index in [0.29, 0.717) is 5.16 Å². The Morgan fingerprint density at radius 3 is 2.88 bits per heavy atom. The van der Waals surface area contributed by atoms with Gasteiger partial charge in [-0.3, -0.25) is 9.89 Å². The van der Waals surface area contributed by atoms with E-state index in [4.69, 9.17) is 0 Å². The lowest BCUT2D eigenvalue weighted by molar-refractivity contribution is -0.119. The van der Waals surface area contributed by atoms with Gasteiger partial charge in [0.1, 0.15) is 11.6 Å². The number of carbonyl (C=O) groups is 1. The number of aromatic nitrogens is 5. The summed E-state index contributed by atoms with van der Waals surface area (Å²) in [6.07, 6.45) is 0. The molecule has 2 aromatic heterocycles. The Bertz CT molecular complexity index is 855. The smallest absolute Gasteiger partial charge is 0.231 e. The average molecular weight is 344 g/mol. The van der Waals surface area contributed by atoms with Crippen LogP contribution in [0.3, 0.4) is 0 Å². The molecule has 3 rings (SSSR count). The molecule has 0 radical (unpaired) electrons. The quantitative estimate of drug-likeness (QED) is 0.671. The van der Waals surface area contributed by atoms with Gasteiger partial charge in [0.25, 0.3) is 0 Å². The molecule has 2 N–H and O–H groups in total. The standard InChI is InChI=1S/C16H20N6OS/c1-4-22-13-8-6-5-7-12(13)19-15(22)10(2)17-14(23)9-24-16-18-11(3)20-21-16/h5-8,10H,4,9H2,1-3H3,(H,17,23)(H,18,20,21). The van der Waals surface area contributed by atoms with Crippen molar-refractivity contribution in [3.05, 3.63) is 35.9 Å². The van der Waals surface area contributed by atoms with Crippen molar-refractivity contribution in [3.63, 3.8) is 0 Å². The number of H-pyrrole nitrogens is 1. The van der Waals surface area contributed by atoms with Crippen LogP contribution in [0.15, 0.2) is 29.4 Å². The molecule has 1 unspecified atom stereocenters. The molecule has 0 saturated heterocycles. The second-order valence-corrected chi connectivity index (χ2v) is 6.43. The molecule has 24 heavy (non-hydrogen) atoms. The number of benzene rings is 1. The van der Waals surface area contributed by atoms with Crippen LogP contribution in [0, 0.1) is 6.92 Å². The summed E-state index contributed by atoms with van der Waals surface area (Å²) in [7, 11) is 0. The molecule has 0 saturated carbocycles. The summed E-state index contributed by atoms with van der Waals surface area (Å²) in [6.45, 7) is 6.66. The number of fused-ring (bicyclic) bond motifs is 1. The van der Waals surface area contributed by atoms with Gasteiger partial charge in [-0.15, -0.1) is 5.10 Å². The molecule has 3 aromatic rings. The lowest BCUT2D eigenvalue weighted by Crippen LogP contribution is -2.30. The van der Waals surface area contributed by atoms with E-state index >= 15 is 0 Å². The first-order valence-electron chi connectivity index (χ1n) is 7.84. The number of aromatic amines is 1. The normalized spacial score (nSPS) is 12.5. The minimum Gasteiger partial charge on any atom is -0.346 e. The van der Waals surface area contributed by atoms with Crippen molar-refractivity contribution in [2.75, 3.05) is 5.75 Å². The molecule has 0 spiro atoms. The zero-order valence-corrected chi connectivity index (χ0v) is 14.7. The predicted molar refractivity (Wildman–Crippen MR) is 93.8 cm³/mol. The highest BCUT2D eigenvalue weighted by atomic mass is 32.2. The Hall–Kier alpha value is -2.35. The minimum absolute atomic E-state index is 0.0651. The number of amides is 1. The van der Waals surface area contributed by atoms with Gasteiger partial charge in [0.15, 0.2) is 0 Å². The Kier molecular flexibility index (Phi) is 4.84. The third kappa shape index (κ3) is 3.43. The zero-order chi connectivity index (χ0) is 17.1. The largest absolute Gasteiger partial charge is 0.346 e. The number of thioether (sulfide) groups is 1. The number of hydrogen-bond donors (Lipinski definition) is 2. The Labute approximate surface area is 144 Å². The topological polar surface area (TPSA) is 88.5 Å². The first-order chi connectivity index (χ1) is 11.6. The Morgan fingerprint density at radius 2 is 2.17 bits per heavy atom. The lowest BCUT2D eigenvalue weighted by atomic mass is 10.3. The molecule has 8 heteroatoms. The fraction of sp³-hybridized carbons (Fsp3) is 0.375. The summed E-state index contributed by atoms with van der Waals surface area (Å²) in [5.74, 6) is 1.81. The summed E-state index contributed by atoms with van der Waals surface area (Å²) in [5.41, 5.74) is 2.03. The first-order valence-corrected chi connectivity index (χ1v) is 8.83. The summed E-state index contributed by atoms with van der Waals surface area (Å²) in [5, 5.41) is 10.4. The molecule has 1 aromatic carbocycles. The number of aryl methyl sites for hydroxylation is 2. The van der Waals surface area contributed by atoms with E-state index in [9.17, 15) is 4.79 Å². The molecule has 0 bridgehead atoms. The van der Waals surface area contributed by atoms with Crippen LogP contribution in [0.25, 0.3) is 11.0 Å². The highest BCUT2D eigenvalue weighted by molar-refractivity contribution is 7.99. The van der Waals surface area contributed by atoms with Crippen LogP contribution in [0.5, 0.6) is 0 Å². The second-order valence-electron chi connectivity index (χ2n) is 5.48. The molecule has 2 heterocycles. The van der Waals surface area contributed by atoms with Crippen molar-refractivity contribution in [2.45, 2.75) is 38.5 Å². The number of nitrogens with zero attached hydrogens (tertiary/aromatic N) is 4. The number of imidazole rings is 1. The van der Waals surface area contributed by atoms with Crippen molar-refractivity contribution >= 4 is 28.7 Å². The van der Waals surface area contributed by atoms with Gasteiger partial charge in [0.2, 0.25) is 11.1 Å². The second kappa shape index (κ2) is 7.04. The molecule has 1 atom stereocenters. The number of nitrogens with one attached hydrogen (secondary N) is 2. The van der Waals surface area contributed by atoms with E-state index in [0.717, 1.165) is 29.2 Å². The predicted octanol–water partition coefficient (Wildman–Crippen LogP) is 2.45. The van der Waals surface area contributed by atoms with Crippen molar-refractivity contribution in [2.24, 2.45) is 0 Å². The number of hydrogen-bond acceptors (Lipinski definition) is 5. The monoisotopic (exact) mass is 344 g/mol. The molecule has 126 valence electrons. The first kappa shape index (κ1) is 16.5. The van der Waals surface area contributed by atoms with Crippen LogP contribution in [-0.2, 0) is 11.3 Å². The highest BCUT2D eigenvalue weighted by Gasteiger charge is 2.18. The van der Waals surface area contributed by atoms with Crippen molar-refractivity contribution < 1.29 is 4.79 Å². The van der Waals surface area contributed by atoms with Gasteiger partial charge in [-0.1, -0.05) is 23.9 Å². The van der Waals surface area contributed by atoms with Gasteiger partial charge < -0.3 is 9.88 Å². The van der Waals surface area contributed by atoms with Gasteiger partial charge in [-0.25, -0.2) is 9.97 Å². The van der Waals surface area contributed by atoms with Crippen LogP contribution in [0.2, 0.25) is 0 Å². The molecule has 0 aliphatic carbocycles. The SMILES string of the molecule is CCn1c(C(C)NC(=O)CSc2n[nH]c(C)n2)nc2ccccc21. The highest BCUT2D eigenvalue weighted by Crippen LogP contribution is 2.21. The molecule has 0 fully saturated rings. The van der Waals surface area contributed by atoms with Crippen molar-refractivity contribution in [1.29, 1.82) is 0 Å². The van der Waals surface area contributed by atoms with Crippen LogP contribution in [0.4, 0.5) is 0 Å². The van der Waals surface area contributed by atoms with E-state index in [1.54, 1.807) is 0 Å². The maximum absolute atomic E-state index is 12.2. The maximum Gasteiger partial charge on any atom is 0.231 e. The lowest BCUT2D eigenvalue weighted by Gasteiger charge is -2.15. The van der Waals surface area contributed by atoms with Gasteiger partial charge >= 0.3 is 0 Å². The van der Waals surface area contributed by atoms with Gasteiger partial charge in [0.05, 0.1) is 22.8 Å². The summed E-state index contributed by atoms with van der Waals surface area (Å²) >= 11 is 1.31. The molecule has 0 aliphatic heterocycles. The van der Waals surface area contributed by atoms with E-state index < -0.39 is 0 Å². The molecule has 7 nitrogen and oxygen atoms in total. The van der Waals surface area contributed by atoms with Gasteiger partial charge in [0, 0.05) is 6.54 Å². The van der Waals surface area contributed by atoms with Gasteiger partial charge in [-0.05, 0) is 32.9 Å². The maximum atomic E-state index is 12.2. The van der Waals surface area contributed by atoms with E-state index in [-0.39, 0.29) is 17.7 Å². The average Bonchev–Trinajstić information content (AvgIpc) is 3.16. The molecule has 0 aliphatic rings. The summed E-state index contributed by atoms with van der Waals surface area (Å²) in [4.78, 5) is 21.0. The van der Waals surface area contributed by atoms with Crippen molar-refractivity contribution in [3.8, 4) is 0 Å². The van der Waals surface area contributed by atoms with E-state index in [1.807, 2.05) is 38.1 Å². The van der Waals surface area contributed by atoms with E-state index in [2.05, 4.69) is 37.0 Å². The Morgan fingerprint density at radius 1 is 1.38 bits per heavy atom. The van der Waals surface area contributed by atoms with Crippen LogP contribution in [0.1, 0.15) is 31.5 Å². The Balaban J connectivity index is 1.68. The summed E-state index contributed by atoms with van der Waals surface area (Å²) in [6, 6.07) is 7.84. The fourth-order valence-electron chi connectivity index (χ4n) is 2.62. The number of carbonyl (C=O) groups excluding carboxylic acids is 1. The molecular formula is C16H20N6OS. The number of rotatable bonds is 6. The third-order valence-electron chi connectivity index (χ3n) is 3.67. The van der Waals surface area contributed by atoms with Gasteiger partial charge in [-0.2, -0.15) is 0 Å². The fourth-order valence-corrected chi connectivity index (χ4v) is 3.28. The van der Waals surface area contributed by atoms with Crippen LogP contribution >= 0.6 is 11.8 Å². The van der Waals surface area contributed by atoms with E-state index in [1.165, 1.54) is 11.8 Å². The van der Waals surface area contributed by atoms with Crippen molar-refractivity contribution in [1.82, 2.24) is 30.0 Å². The van der Waals surface area contributed by atoms with Crippen LogP contribution in [-0.4, -0.2) is 36.4 Å². The molecular weight excluding hydrogens is 324 g/mol.